The Kier molecular flexibility index (Phi) is 5.64. The molecule has 24 heavy (non-hydrogen) atoms. The molecule has 0 fully saturated rings. The van der Waals surface area contributed by atoms with Crippen LogP contribution in [0, 0.1) is 6.92 Å². The molecule has 4 rings (SSSR count). The van der Waals surface area contributed by atoms with Gasteiger partial charge in [0, 0.05) is 37.2 Å². The average Bonchev–Trinajstić information content (AvgIpc) is 3.16. The zero-order valence-electron chi connectivity index (χ0n) is 13.4. The molecule has 0 saturated carbocycles. The molecule has 0 aliphatic carbocycles. The molecule has 0 bridgehead atoms. The first-order valence-electron chi connectivity index (χ1n) is 7.38. The first-order chi connectivity index (χ1) is 10.7. The maximum atomic E-state index is 5.46. The van der Waals surface area contributed by atoms with Crippen LogP contribution in [0.15, 0.2) is 29.0 Å². The lowest BCUT2D eigenvalue weighted by Gasteiger charge is -2.19. The Labute approximate surface area is 152 Å². The molecule has 6 nitrogen and oxygen atoms in total. The summed E-state index contributed by atoms with van der Waals surface area (Å²) in [4.78, 5) is 9.09. The predicted octanol–water partition coefficient (Wildman–Crippen LogP) is 2.93. The second kappa shape index (κ2) is 7.34. The van der Waals surface area contributed by atoms with Crippen LogP contribution in [-0.4, -0.2) is 26.2 Å². The van der Waals surface area contributed by atoms with Crippen LogP contribution in [0.3, 0.4) is 0 Å². The minimum atomic E-state index is 0. The highest BCUT2D eigenvalue weighted by atomic mass is 35.5. The van der Waals surface area contributed by atoms with Gasteiger partial charge in [0.05, 0.1) is 0 Å². The molecule has 3 aromatic rings. The zero-order valence-corrected chi connectivity index (χ0v) is 15.1. The van der Waals surface area contributed by atoms with E-state index >= 15 is 0 Å². The van der Waals surface area contributed by atoms with E-state index in [-0.39, 0.29) is 24.8 Å². The molecule has 0 aromatic carbocycles. The largest absolute Gasteiger partial charge is 0.347 e. The molecule has 1 aliphatic heterocycles. The summed E-state index contributed by atoms with van der Waals surface area (Å²) < 4.78 is 7.43. The topological polar surface area (TPSA) is 68.8 Å². The standard InChI is InChI=1S/C16H17N5O.2ClH/c1-10-14(12-5-6-17-8-11(12)9-18-10)15-19-16(22-20-15)13-4-3-7-21(13)2;;/h3-4,7,9,17H,5-6,8H2,1-2H3;2*1H. The van der Waals surface area contributed by atoms with Crippen molar-refractivity contribution in [1.82, 2.24) is 25.0 Å². The number of hydrogen-bond donors (Lipinski definition) is 1. The molecule has 8 heteroatoms. The highest BCUT2D eigenvalue weighted by molar-refractivity contribution is 5.85. The summed E-state index contributed by atoms with van der Waals surface area (Å²) in [5.74, 6) is 1.16. The van der Waals surface area contributed by atoms with Crippen LogP contribution in [-0.2, 0) is 20.0 Å². The number of halogens is 2. The molecule has 4 heterocycles. The van der Waals surface area contributed by atoms with Gasteiger partial charge in [-0.25, -0.2) is 0 Å². The molecule has 1 N–H and O–H groups in total. The Morgan fingerprint density at radius 2 is 2.12 bits per heavy atom. The number of aromatic nitrogens is 4. The van der Waals surface area contributed by atoms with E-state index in [1.165, 1.54) is 11.1 Å². The summed E-state index contributed by atoms with van der Waals surface area (Å²) in [5, 5.41) is 7.56. The SMILES string of the molecule is Cc1ncc2c(c1-c1noc(-c3cccn3C)n1)CCNC2.Cl.Cl. The van der Waals surface area contributed by atoms with Crippen LogP contribution in [0.4, 0.5) is 0 Å². The lowest BCUT2D eigenvalue weighted by Crippen LogP contribution is -2.24. The van der Waals surface area contributed by atoms with Crippen molar-refractivity contribution in [1.29, 1.82) is 0 Å². The highest BCUT2D eigenvalue weighted by Gasteiger charge is 2.21. The maximum Gasteiger partial charge on any atom is 0.274 e. The van der Waals surface area contributed by atoms with Gasteiger partial charge in [0.1, 0.15) is 5.69 Å². The van der Waals surface area contributed by atoms with E-state index in [1.807, 2.05) is 43.1 Å². The summed E-state index contributed by atoms with van der Waals surface area (Å²) in [7, 11) is 1.96. The van der Waals surface area contributed by atoms with Gasteiger partial charge in [0.15, 0.2) is 0 Å². The zero-order chi connectivity index (χ0) is 15.1. The first kappa shape index (κ1) is 18.4. The average molecular weight is 368 g/mol. The lowest BCUT2D eigenvalue weighted by molar-refractivity contribution is 0.429. The summed E-state index contributed by atoms with van der Waals surface area (Å²) in [5.41, 5.74) is 5.38. The molecule has 0 unspecified atom stereocenters. The van der Waals surface area contributed by atoms with Crippen molar-refractivity contribution >= 4 is 24.8 Å². The second-order valence-electron chi connectivity index (χ2n) is 5.58. The molecular formula is C16H19Cl2N5O. The Morgan fingerprint density at radius 3 is 2.88 bits per heavy atom. The van der Waals surface area contributed by atoms with Crippen molar-refractivity contribution in [2.75, 3.05) is 6.54 Å². The van der Waals surface area contributed by atoms with Crippen LogP contribution in [0.1, 0.15) is 16.8 Å². The minimum Gasteiger partial charge on any atom is -0.347 e. The van der Waals surface area contributed by atoms with Gasteiger partial charge in [-0.05, 0) is 43.1 Å². The van der Waals surface area contributed by atoms with Crippen LogP contribution in [0.2, 0.25) is 0 Å². The third kappa shape index (κ3) is 3.05. The fraction of sp³-hybridized carbons (Fsp3) is 0.312. The molecule has 0 atom stereocenters. The summed E-state index contributed by atoms with van der Waals surface area (Å²) in [6.45, 7) is 3.81. The van der Waals surface area contributed by atoms with E-state index < -0.39 is 0 Å². The summed E-state index contributed by atoms with van der Waals surface area (Å²) in [6, 6.07) is 3.93. The molecule has 0 saturated heterocycles. The Hall–Kier alpha value is -1.89. The number of pyridine rings is 1. The number of fused-ring (bicyclic) bond motifs is 1. The number of nitrogens with one attached hydrogen (secondary N) is 1. The van der Waals surface area contributed by atoms with Crippen molar-refractivity contribution < 1.29 is 4.52 Å². The fourth-order valence-corrected chi connectivity index (χ4v) is 2.98. The fourth-order valence-electron chi connectivity index (χ4n) is 2.98. The van der Waals surface area contributed by atoms with Gasteiger partial charge >= 0.3 is 0 Å². The Bertz CT molecular complexity index is 843. The smallest absolute Gasteiger partial charge is 0.274 e. The molecular weight excluding hydrogens is 349 g/mol. The number of nitrogens with zero attached hydrogens (tertiary/aromatic N) is 4. The monoisotopic (exact) mass is 367 g/mol. The van der Waals surface area contributed by atoms with Crippen molar-refractivity contribution in [2.24, 2.45) is 7.05 Å². The van der Waals surface area contributed by atoms with Gasteiger partial charge < -0.3 is 14.4 Å². The van der Waals surface area contributed by atoms with E-state index in [0.29, 0.717) is 11.7 Å². The van der Waals surface area contributed by atoms with E-state index in [0.717, 1.165) is 36.5 Å². The van der Waals surface area contributed by atoms with Crippen molar-refractivity contribution in [2.45, 2.75) is 19.9 Å². The Morgan fingerprint density at radius 1 is 1.29 bits per heavy atom. The van der Waals surface area contributed by atoms with Gasteiger partial charge in [-0.15, -0.1) is 24.8 Å². The van der Waals surface area contributed by atoms with Gasteiger partial charge in [0.2, 0.25) is 5.82 Å². The number of hydrogen-bond acceptors (Lipinski definition) is 5. The molecule has 3 aromatic heterocycles. The van der Waals surface area contributed by atoms with Crippen molar-refractivity contribution in [3.63, 3.8) is 0 Å². The van der Waals surface area contributed by atoms with Gasteiger partial charge in [-0.2, -0.15) is 4.98 Å². The van der Waals surface area contributed by atoms with E-state index in [2.05, 4.69) is 20.4 Å². The highest BCUT2D eigenvalue weighted by Crippen LogP contribution is 2.30. The Balaban J connectivity index is 0.00000104. The van der Waals surface area contributed by atoms with Crippen molar-refractivity contribution in [3.8, 4) is 23.0 Å². The molecule has 128 valence electrons. The summed E-state index contributed by atoms with van der Waals surface area (Å²) in [6.07, 6.45) is 4.86. The molecule has 0 amide bonds. The van der Waals surface area contributed by atoms with E-state index in [1.54, 1.807) is 0 Å². The minimum absolute atomic E-state index is 0. The van der Waals surface area contributed by atoms with Gasteiger partial charge in [0.25, 0.3) is 5.89 Å². The van der Waals surface area contributed by atoms with E-state index in [4.69, 9.17) is 4.52 Å². The van der Waals surface area contributed by atoms with Crippen molar-refractivity contribution in [3.05, 3.63) is 41.3 Å². The van der Waals surface area contributed by atoms with Crippen LogP contribution >= 0.6 is 24.8 Å². The first-order valence-corrected chi connectivity index (χ1v) is 7.38. The third-order valence-electron chi connectivity index (χ3n) is 4.14. The van der Waals surface area contributed by atoms with Gasteiger partial charge in [-0.1, -0.05) is 5.16 Å². The van der Waals surface area contributed by atoms with Crippen LogP contribution < -0.4 is 5.32 Å². The second-order valence-corrected chi connectivity index (χ2v) is 5.58. The number of aryl methyl sites for hydroxylation is 2. The van der Waals surface area contributed by atoms with Crippen LogP contribution in [0.5, 0.6) is 0 Å². The molecule has 1 aliphatic rings. The maximum absolute atomic E-state index is 5.46. The normalized spacial score (nSPS) is 12.9. The summed E-state index contributed by atoms with van der Waals surface area (Å²) >= 11 is 0. The van der Waals surface area contributed by atoms with Crippen LogP contribution in [0.25, 0.3) is 23.0 Å². The van der Waals surface area contributed by atoms with Gasteiger partial charge in [-0.3, -0.25) is 4.98 Å². The predicted molar refractivity (Wildman–Crippen MR) is 96.6 cm³/mol. The third-order valence-corrected chi connectivity index (χ3v) is 4.14. The number of rotatable bonds is 2. The lowest BCUT2D eigenvalue weighted by atomic mass is 9.95. The quantitative estimate of drug-likeness (QED) is 0.753. The van der Waals surface area contributed by atoms with E-state index in [9.17, 15) is 0 Å². The molecule has 0 spiro atoms. The molecule has 0 radical (unpaired) electrons.